The Labute approximate surface area is 125 Å². The number of hydrogen-bond donors (Lipinski definition) is 2. The van der Waals surface area contributed by atoms with Crippen molar-refractivity contribution in [1.82, 2.24) is 24.5 Å². The summed E-state index contributed by atoms with van der Waals surface area (Å²) in [6.45, 7) is 0.717. The standard InChI is InChI=1S/C12H14N8S/c1-19(7-9-3-2-6-21-9)11-15-10(18-13)16-12(17-11)20-5-4-14-8-20/h2-6,8H,7,13H2,1H3,(H,15,16,17,18). The predicted molar refractivity (Wildman–Crippen MR) is 81.2 cm³/mol. The molecule has 108 valence electrons. The lowest BCUT2D eigenvalue weighted by molar-refractivity contribution is 0.829. The van der Waals surface area contributed by atoms with E-state index in [0.29, 0.717) is 17.8 Å². The van der Waals surface area contributed by atoms with Crippen molar-refractivity contribution in [3.8, 4) is 5.95 Å². The molecule has 0 aliphatic rings. The molecule has 3 aromatic heterocycles. The third-order valence-electron chi connectivity index (χ3n) is 2.79. The van der Waals surface area contributed by atoms with Gasteiger partial charge in [-0.25, -0.2) is 10.8 Å². The smallest absolute Gasteiger partial charge is 0.243 e. The van der Waals surface area contributed by atoms with Crippen molar-refractivity contribution in [1.29, 1.82) is 0 Å². The van der Waals surface area contributed by atoms with Crippen molar-refractivity contribution in [3.63, 3.8) is 0 Å². The zero-order valence-electron chi connectivity index (χ0n) is 11.3. The van der Waals surface area contributed by atoms with E-state index in [2.05, 4.69) is 31.4 Å². The molecule has 0 fully saturated rings. The number of nitrogen functional groups attached to an aromatic ring is 1. The summed E-state index contributed by atoms with van der Waals surface area (Å²) in [5, 5.41) is 2.04. The number of hydrazine groups is 1. The second-order valence-corrected chi connectivity index (χ2v) is 5.34. The first kappa shape index (κ1) is 13.5. The molecule has 8 nitrogen and oxygen atoms in total. The van der Waals surface area contributed by atoms with Gasteiger partial charge in [0.25, 0.3) is 0 Å². The minimum Gasteiger partial charge on any atom is -0.339 e. The van der Waals surface area contributed by atoms with Crippen LogP contribution in [0.25, 0.3) is 5.95 Å². The minimum atomic E-state index is 0.307. The molecule has 0 saturated heterocycles. The Morgan fingerprint density at radius 3 is 2.95 bits per heavy atom. The Morgan fingerprint density at radius 2 is 2.29 bits per heavy atom. The Kier molecular flexibility index (Phi) is 3.75. The summed E-state index contributed by atoms with van der Waals surface area (Å²) in [6, 6.07) is 4.09. The van der Waals surface area contributed by atoms with Gasteiger partial charge in [0, 0.05) is 24.3 Å². The molecule has 0 aromatic carbocycles. The van der Waals surface area contributed by atoms with E-state index >= 15 is 0 Å². The van der Waals surface area contributed by atoms with E-state index in [0.717, 1.165) is 6.54 Å². The second-order valence-electron chi connectivity index (χ2n) is 4.31. The van der Waals surface area contributed by atoms with Crippen LogP contribution in [0, 0.1) is 0 Å². The molecule has 3 heterocycles. The van der Waals surface area contributed by atoms with E-state index < -0.39 is 0 Å². The Balaban J connectivity index is 1.92. The highest BCUT2D eigenvalue weighted by atomic mass is 32.1. The van der Waals surface area contributed by atoms with Crippen LogP contribution in [0.4, 0.5) is 11.9 Å². The van der Waals surface area contributed by atoms with Crippen molar-refractivity contribution in [2.45, 2.75) is 6.54 Å². The largest absolute Gasteiger partial charge is 0.339 e. The van der Waals surface area contributed by atoms with Crippen LogP contribution in [0.2, 0.25) is 0 Å². The number of nitrogens with two attached hydrogens (primary N) is 1. The predicted octanol–water partition coefficient (Wildman–Crippen LogP) is 1.04. The number of rotatable bonds is 5. The number of aromatic nitrogens is 5. The Hall–Kier alpha value is -2.52. The lowest BCUT2D eigenvalue weighted by atomic mass is 10.4. The average Bonchev–Trinajstić information content (AvgIpc) is 3.20. The van der Waals surface area contributed by atoms with Crippen molar-refractivity contribution in [3.05, 3.63) is 41.1 Å². The molecule has 0 bridgehead atoms. The zero-order valence-corrected chi connectivity index (χ0v) is 12.2. The van der Waals surface area contributed by atoms with Crippen molar-refractivity contribution in [2.75, 3.05) is 17.4 Å². The van der Waals surface area contributed by atoms with Crippen molar-refractivity contribution < 1.29 is 0 Å². The fourth-order valence-corrected chi connectivity index (χ4v) is 2.55. The van der Waals surface area contributed by atoms with Crippen LogP contribution in [0.3, 0.4) is 0 Å². The molecule has 3 aromatic rings. The zero-order chi connectivity index (χ0) is 14.7. The van der Waals surface area contributed by atoms with Gasteiger partial charge in [0.15, 0.2) is 0 Å². The van der Waals surface area contributed by atoms with E-state index in [1.807, 2.05) is 23.4 Å². The van der Waals surface area contributed by atoms with Gasteiger partial charge >= 0.3 is 0 Å². The topological polar surface area (TPSA) is 97.8 Å². The van der Waals surface area contributed by atoms with E-state index in [9.17, 15) is 0 Å². The monoisotopic (exact) mass is 302 g/mol. The molecular formula is C12H14N8S. The van der Waals surface area contributed by atoms with Crippen LogP contribution in [0.5, 0.6) is 0 Å². The maximum absolute atomic E-state index is 5.43. The van der Waals surface area contributed by atoms with E-state index in [1.165, 1.54) is 4.88 Å². The first-order valence-electron chi connectivity index (χ1n) is 6.21. The SMILES string of the molecule is CN(Cc1cccs1)c1nc(NN)nc(-n2ccnc2)n1. The highest BCUT2D eigenvalue weighted by molar-refractivity contribution is 7.09. The fourth-order valence-electron chi connectivity index (χ4n) is 1.79. The molecule has 0 amide bonds. The summed E-state index contributed by atoms with van der Waals surface area (Å²) >= 11 is 1.69. The molecule has 9 heteroatoms. The first-order valence-corrected chi connectivity index (χ1v) is 7.09. The van der Waals surface area contributed by atoms with Crippen molar-refractivity contribution >= 4 is 23.2 Å². The number of nitrogens with one attached hydrogen (secondary N) is 1. The van der Waals surface area contributed by atoms with Crippen LogP contribution in [-0.2, 0) is 6.54 Å². The molecule has 3 N–H and O–H groups in total. The molecule has 0 aliphatic heterocycles. The third-order valence-corrected chi connectivity index (χ3v) is 3.65. The number of hydrogen-bond acceptors (Lipinski definition) is 8. The van der Waals surface area contributed by atoms with E-state index in [-0.39, 0.29) is 0 Å². The number of thiophene rings is 1. The molecule has 0 radical (unpaired) electrons. The molecule has 0 spiro atoms. The van der Waals surface area contributed by atoms with Gasteiger partial charge in [-0.15, -0.1) is 11.3 Å². The van der Waals surface area contributed by atoms with Crippen LogP contribution < -0.4 is 16.2 Å². The maximum atomic E-state index is 5.43. The average molecular weight is 302 g/mol. The Bertz CT molecular complexity index is 694. The van der Waals surface area contributed by atoms with E-state index in [4.69, 9.17) is 5.84 Å². The second kappa shape index (κ2) is 5.85. The van der Waals surface area contributed by atoms with Crippen LogP contribution >= 0.6 is 11.3 Å². The molecule has 21 heavy (non-hydrogen) atoms. The van der Waals surface area contributed by atoms with Gasteiger partial charge in [0.1, 0.15) is 6.33 Å². The number of nitrogens with zero attached hydrogens (tertiary/aromatic N) is 6. The van der Waals surface area contributed by atoms with Gasteiger partial charge in [-0.05, 0) is 11.4 Å². The summed E-state index contributed by atoms with van der Waals surface area (Å²) in [7, 11) is 1.92. The molecular weight excluding hydrogens is 288 g/mol. The quantitative estimate of drug-likeness (QED) is 0.537. The van der Waals surface area contributed by atoms with Gasteiger partial charge < -0.3 is 4.90 Å². The van der Waals surface area contributed by atoms with Crippen molar-refractivity contribution in [2.24, 2.45) is 5.84 Å². The Morgan fingerprint density at radius 1 is 1.38 bits per heavy atom. The van der Waals surface area contributed by atoms with Crippen LogP contribution in [-0.4, -0.2) is 31.6 Å². The minimum absolute atomic E-state index is 0.307. The molecule has 0 aliphatic carbocycles. The highest BCUT2D eigenvalue weighted by Crippen LogP contribution is 2.16. The van der Waals surface area contributed by atoms with Gasteiger partial charge in [0.05, 0.1) is 6.54 Å². The summed E-state index contributed by atoms with van der Waals surface area (Å²) < 4.78 is 1.70. The first-order chi connectivity index (χ1) is 10.3. The van der Waals surface area contributed by atoms with Gasteiger partial charge in [-0.1, -0.05) is 6.07 Å². The molecule has 3 rings (SSSR count). The third kappa shape index (κ3) is 2.98. The lowest BCUT2D eigenvalue weighted by Crippen LogP contribution is -2.22. The van der Waals surface area contributed by atoms with Gasteiger partial charge in [-0.3, -0.25) is 9.99 Å². The number of imidazole rings is 1. The van der Waals surface area contributed by atoms with E-state index in [1.54, 1.807) is 34.6 Å². The van der Waals surface area contributed by atoms with Crippen LogP contribution in [0.15, 0.2) is 36.2 Å². The highest BCUT2D eigenvalue weighted by Gasteiger charge is 2.12. The maximum Gasteiger partial charge on any atom is 0.243 e. The van der Waals surface area contributed by atoms with Gasteiger partial charge in [-0.2, -0.15) is 15.0 Å². The van der Waals surface area contributed by atoms with Gasteiger partial charge in [0.2, 0.25) is 17.8 Å². The fraction of sp³-hybridized carbons (Fsp3) is 0.167. The summed E-state index contributed by atoms with van der Waals surface area (Å²) in [5.74, 6) is 6.74. The summed E-state index contributed by atoms with van der Waals surface area (Å²) in [6.07, 6.45) is 5.05. The lowest BCUT2D eigenvalue weighted by Gasteiger charge is -2.17. The number of anilines is 2. The normalized spacial score (nSPS) is 10.6. The molecule has 0 unspecified atom stereocenters. The summed E-state index contributed by atoms with van der Waals surface area (Å²) in [5.41, 5.74) is 2.46. The molecule has 0 saturated carbocycles. The van der Waals surface area contributed by atoms with Crippen LogP contribution in [0.1, 0.15) is 4.88 Å². The molecule has 0 atom stereocenters. The summed E-state index contributed by atoms with van der Waals surface area (Å²) in [4.78, 5) is 20.1.